The molecule has 6 heteroatoms. The summed E-state index contributed by atoms with van der Waals surface area (Å²) in [5, 5.41) is 3.14. The van der Waals surface area contributed by atoms with Gasteiger partial charge >= 0.3 is 0 Å². The van der Waals surface area contributed by atoms with E-state index in [4.69, 9.17) is 16.0 Å². The van der Waals surface area contributed by atoms with Crippen LogP contribution in [0.4, 0.5) is 10.1 Å². The topological polar surface area (TPSA) is 55.1 Å². The second-order valence-electron chi connectivity index (χ2n) is 7.21. The summed E-state index contributed by atoms with van der Waals surface area (Å²) < 4.78 is 19.0. The lowest BCUT2D eigenvalue weighted by atomic mass is 9.98. The number of rotatable bonds is 5. The maximum atomic E-state index is 13.1. The van der Waals surface area contributed by atoms with Crippen molar-refractivity contribution in [3.8, 4) is 11.5 Å². The predicted octanol–water partition coefficient (Wildman–Crippen LogP) is 7.05. The number of aromatic nitrogens is 1. The van der Waals surface area contributed by atoms with Crippen LogP contribution in [-0.2, 0) is 0 Å². The highest BCUT2D eigenvalue weighted by atomic mass is 35.5. The Morgan fingerprint density at radius 1 is 1.13 bits per heavy atom. The first-order valence-corrected chi connectivity index (χ1v) is 10.1. The van der Waals surface area contributed by atoms with E-state index in [0.29, 0.717) is 39.2 Å². The normalized spacial score (nSPS) is 12.1. The first kappa shape index (κ1) is 20.1. The van der Waals surface area contributed by atoms with E-state index in [1.54, 1.807) is 18.2 Å². The Morgan fingerprint density at radius 3 is 2.63 bits per heavy atom. The molecule has 1 amide bonds. The molecule has 0 radical (unpaired) electrons. The molecule has 0 saturated carbocycles. The van der Waals surface area contributed by atoms with Crippen LogP contribution in [0.3, 0.4) is 0 Å². The van der Waals surface area contributed by atoms with Crippen LogP contribution in [0.5, 0.6) is 0 Å². The number of carbonyl (C=O) groups is 1. The second kappa shape index (κ2) is 8.28. The van der Waals surface area contributed by atoms with Crippen molar-refractivity contribution in [2.45, 2.75) is 26.2 Å². The molecule has 30 heavy (non-hydrogen) atoms. The van der Waals surface area contributed by atoms with Gasteiger partial charge in [0.15, 0.2) is 5.58 Å². The molecular weight excluding hydrogens is 403 g/mol. The van der Waals surface area contributed by atoms with E-state index < -0.39 is 5.82 Å². The summed E-state index contributed by atoms with van der Waals surface area (Å²) in [4.78, 5) is 17.1. The molecule has 152 valence electrons. The molecule has 1 aromatic heterocycles. The molecule has 0 saturated heterocycles. The Kier molecular flexibility index (Phi) is 5.55. The molecular formula is C24H20ClFN2O2. The maximum Gasteiger partial charge on any atom is 0.255 e. The standard InChI is InChI=1S/C24H20ClFN2O2/c1-3-14(2)16-7-11-22-21(12-16)28-24(30-22)17-6-10-19(25)20(13-17)27-23(29)15-4-8-18(26)9-5-15/h4-14H,3H2,1-2H3,(H,27,29). The fourth-order valence-corrected chi connectivity index (χ4v) is 3.32. The Bertz CT molecular complexity index is 1220. The Hall–Kier alpha value is -3.18. The van der Waals surface area contributed by atoms with Crippen LogP contribution in [0.2, 0.25) is 5.02 Å². The number of carbonyl (C=O) groups excluding carboxylic acids is 1. The van der Waals surface area contributed by atoms with Gasteiger partial charge in [-0.25, -0.2) is 9.37 Å². The van der Waals surface area contributed by atoms with Gasteiger partial charge in [0, 0.05) is 11.1 Å². The number of halogens is 2. The fraction of sp³-hybridized carbons (Fsp3) is 0.167. The summed E-state index contributed by atoms with van der Waals surface area (Å²) in [5.41, 5.74) is 4.14. The number of nitrogens with zero attached hydrogens (tertiary/aromatic N) is 1. The Labute approximate surface area is 178 Å². The van der Waals surface area contributed by atoms with Crippen LogP contribution >= 0.6 is 11.6 Å². The summed E-state index contributed by atoms with van der Waals surface area (Å²) in [5.74, 6) is 0.0995. The van der Waals surface area contributed by atoms with Gasteiger partial charge in [-0.15, -0.1) is 0 Å². The molecule has 0 spiro atoms. The predicted molar refractivity (Wildman–Crippen MR) is 118 cm³/mol. The SMILES string of the molecule is CCC(C)c1ccc2oc(-c3ccc(Cl)c(NC(=O)c4ccc(F)cc4)c3)nc2c1. The van der Waals surface area contributed by atoms with Gasteiger partial charge < -0.3 is 9.73 Å². The number of hydrogen-bond acceptors (Lipinski definition) is 3. The minimum atomic E-state index is -0.404. The molecule has 3 aromatic carbocycles. The second-order valence-corrected chi connectivity index (χ2v) is 7.62. The van der Waals surface area contributed by atoms with Crippen LogP contribution in [0.1, 0.15) is 42.1 Å². The zero-order valence-corrected chi connectivity index (χ0v) is 17.3. The summed E-state index contributed by atoms with van der Waals surface area (Å²) in [6, 6.07) is 16.5. The molecule has 1 heterocycles. The summed E-state index contributed by atoms with van der Waals surface area (Å²) in [6.07, 6.45) is 1.05. The zero-order valence-electron chi connectivity index (χ0n) is 16.6. The van der Waals surface area contributed by atoms with E-state index in [0.717, 1.165) is 11.9 Å². The summed E-state index contributed by atoms with van der Waals surface area (Å²) in [7, 11) is 0. The van der Waals surface area contributed by atoms with Gasteiger partial charge in [0.05, 0.1) is 10.7 Å². The van der Waals surface area contributed by atoms with Crippen molar-refractivity contribution in [3.05, 3.63) is 82.6 Å². The van der Waals surface area contributed by atoms with Gasteiger partial charge in [-0.2, -0.15) is 0 Å². The Balaban J connectivity index is 1.64. The number of hydrogen-bond donors (Lipinski definition) is 1. The van der Waals surface area contributed by atoms with Gasteiger partial charge in [0.2, 0.25) is 5.89 Å². The molecule has 1 atom stereocenters. The molecule has 4 rings (SSSR count). The van der Waals surface area contributed by atoms with E-state index in [1.165, 1.54) is 29.8 Å². The quantitative estimate of drug-likeness (QED) is 0.374. The van der Waals surface area contributed by atoms with Crippen molar-refractivity contribution in [2.24, 2.45) is 0 Å². The van der Waals surface area contributed by atoms with Crippen LogP contribution in [0.25, 0.3) is 22.6 Å². The minimum Gasteiger partial charge on any atom is -0.436 e. The van der Waals surface area contributed by atoms with Crippen LogP contribution in [0, 0.1) is 5.82 Å². The monoisotopic (exact) mass is 422 g/mol. The van der Waals surface area contributed by atoms with Crippen molar-refractivity contribution in [3.63, 3.8) is 0 Å². The smallest absolute Gasteiger partial charge is 0.255 e. The van der Waals surface area contributed by atoms with Gasteiger partial charge in [0.25, 0.3) is 5.91 Å². The third-order valence-electron chi connectivity index (χ3n) is 5.16. The van der Waals surface area contributed by atoms with Crippen molar-refractivity contribution in [1.29, 1.82) is 0 Å². The van der Waals surface area contributed by atoms with E-state index in [-0.39, 0.29) is 5.91 Å². The Morgan fingerprint density at radius 2 is 1.90 bits per heavy atom. The molecule has 1 N–H and O–H groups in total. The average Bonchev–Trinajstić information content (AvgIpc) is 3.18. The van der Waals surface area contributed by atoms with E-state index >= 15 is 0 Å². The van der Waals surface area contributed by atoms with E-state index in [9.17, 15) is 9.18 Å². The molecule has 0 aliphatic carbocycles. The number of amides is 1. The average molecular weight is 423 g/mol. The molecule has 0 aliphatic rings. The van der Waals surface area contributed by atoms with Gasteiger partial charge in [-0.1, -0.05) is 31.5 Å². The summed E-state index contributed by atoms with van der Waals surface area (Å²) in [6.45, 7) is 4.33. The molecule has 0 fully saturated rings. The first-order valence-electron chi connectivity index (χ1n) is 9.72. The zero-order chi connectivity index (χ0) is 21.3. The van der Waals surface area contributed by atoms with Crippen molar-refractivity contribution >= 4 is 34.3 Å². The minimum absolute atomic E-state index is 0.331. The lowest BCUT2D eigenvalue weighted by molar-refractivity contribution is 0.102. The highest BCUT2D eigenvalue weighted by Crippen LogP contribution is 2.32. The molecule has 0 aliphatic heterocycles. The van der Waals surface area contributed by atoms with Crippen molar-refractivity contribution < 1.29 is 13.6 Å². The van der Waals surface area contributed by atoms with E-state index in [2.05, 4.69) is 30.2 Å². The molecule has 1 unspecified atom stereocenters. The van der Waals surface area contributed by atoms with Gasteiger partial charge in [-0.3, -0.25) is 4.79 Å². The highest BCUT2D eigenvalue weighted by Gasteiger charge is 2.14. The van der Waals surface area contributed by atoms with Crippen LogP contribution in [0.15, 0.2) is 65.1 Å². The van der Waals surface area contributed by atoms with Crippen molar-refractivity contribution in [1.82, 2.24) is 4.98 Å². The largest absolute Gasteiger partial charge is 0.436 e. The third-order valence-corrected chi connectivity index (χ3v) is 5.49. The highest BCUT2D eigenvalue weighted by molar-refractivity contribution is 6.34. The number of oxazole rings is 1. The molecule has 0 bridgehead atoms. The number of anilines is 1. The first-order chi connectivity index (χ1) is 14.4. The summed E-state index contributed by atoms with van der Waals surface area (Å²) >= 11 is 6.26. The van der Waals surface area contributed by atoms with Gasteiger partial charge in [-0.05, 0) is 72.5 Å². The lowest BCUT2D eigenvalue weighted by Crippen LogP contribution is -2.12. The fourth-order valence-electron chi connectivity index (χ4n) is 3.16. The van der Waals surface area contributed by atoms with Crippen molar-refractivity contribution in [2.75, 3.05) is 5.32 Å². The third kappa shape index (κ3) is 4.07. The van der Waals surface area contributed by atoms with E-state index in [1.807, 2.05) is 12.1 Å². The van der Waals surface area contributed by atoms with Crippen LogP contribution < -0.4 is 5.32 Å². The number of fused-ring (bicyclic) bond motifs is 1. The maximum absolute atomic E-state index is 13.1. The lowest BCUT2D eigenvalue weighted by Gasteiger charge is -2.08. The molecule has 4 nitrogen and oxygen atoms in total. The number of benzene rings is 3. The van der Waals surface area contributed by atoms with Crippen LogP contribution in [-0.4, -0.2) is 10.9 Å². The number of nitrogens with one attached hydrogen (secondary N) is 1. The van der Waals surface area contributed by atoms with Gasteiger partial charge in [0.1, 0.15) is 11.3 Å². The molecule has 4 aromatic rings.